The molecule has 0 atom stereocenters. The van der Waals surface area contributed by atoms with Crippen LogP contribution in [0.2, 0.25) is 0 Å². The Balaban J connectivity index is 2.04. The zero-order valence-electron chi connectivity index (χ0n) is 11.5. The number of aryl methyl sites for hydroxylation is 1. The Labute approximate surface area is 132 Å². The first-order valence-electron chi connectivity index (χ1n) is 6.43. The third kappa shape index (κ3) is 4.76. The smallest absolute Gasteiger partial charge is 0.328 e. The molecule has 2 aromatic carbocycles. The van der Waals surface area contributed by atoms with E-state index in [0.717, 1.165) is 27.4 Å². The summed E-state index contributed by atoms with van der Waals surface area (Å²) in [7, 11) is 0. The van der Waals surface area contributed by atoms with Crippen LogP contribution in [0.25, 0.3) is 6.08 Å². The number of rotatable bonds is 5. The van der Waals surface area contributed by atoms with Crippen LogP contribution in [0.3, 0.4) is 0 Å². The van der Waals surface area contributed by atoms with Crippen molar-refractivity contribution in [2.75, 3.05) is 0 Å². The molecule has 0 aliphatic carbocycles. The molecule has 2 aromatic rings. The first-order valence-corrected chi connectivity index (χ1v) is 7.23. The van der Waals surface area contributed by atoms with Gasteiger partial charge in [-0.3, -0.25) is 0 Å². The molecule has 0 amide bonds. The molecule has 0 unspecified atom stereocenters. The maximum atomic E-state index is 10.5. The van der Waals surface area contributed by atoms with Gasteiger partial charge in [0, 0.05) is 6.08 Å². The van der Waals surface area contributed by atoms with Crippen LogP contribution >= 0.6 is 15.9 Å². The molecule has 2 rings (SSSR count). The molecule has 0 heterocycles. The van der Waals surface area contributed by atoms with Crippen molar-refractivity contribution in [1.29, 1.82) is 0 Å². The summed E-state index contributed by atoms with van der Waals surface area (Å²) >= 11 is 3.43. The molecule has 4 heteroatoms. The summed E-state index contributed by atoms with van der Waals surface area (Å²) in [5, 5.41) is 8.61. The minimum atomic E-state index is -0.967. The van der Waals surface area contributed by atoms with E-state index in [1.165, 1.54) is 11.6 Å². The van der Waals surface area contributed by atoms with Gasteiger partial charge < -0.3 is 9.84 Å². The number of halogens is 1. The van der Waals surface area contributed by atoms with Gasteiger partial charge >= 0.3 is 5.97 Å². The number of benzene rings is 2. The maximum absolute atomic E-state index is 10.5. The Hall–Kier alpha value is -2.07. The average molecular weight is 347 g/mol. The minimum absolute atomic E-state index is 0.489. The monoisotopic (exact) mass is 346 g/mol. The highest BCUT2D eigenvalue weighted by Crippen LogP contribution is 2.27. The molecule has 1 N–H and O–H groups in total. The van der Waals surface area contributed by atoms with E-state index in [2.05, 4.69) is 15.9 Å². The first kappa shape index (κ1) is 15.3. The highest BCUT2D eigenvalue weighted by Gasteiger charge is 2.02. The van der Waals surface area contributed by atoms with Crippen molar-refractivity contribution in [3.63, 3.8) is 0 Å². The van der Waals surface area contributed by atoms with E-state index >= 15 is 0 Å². The van der Waals surface area contributed by atoms with Gasteiger partial charge in [-0.25, -0.2) is 4.79 Å². The normalized spacial score (nSPS) is 10.8. The largest absolute Gasteiger partial charge is 0.488 e. The number of hydrogen-bond acceptors (Lipinski definition) is 2. The number of carboxylic acids is 1. The summed E-state index contributed by atoms with van der Waals surface area (Å²) in [6, 6.07) is 13.6. The Morgan fingerprint density at radius 2 is 1.95 bits per heavy atom. The van der Waals surface area contributed by atoms with Gasteiger partial charge in [0.2, 0.25) is 0 Å². The lowest BCUT2D eigenvalue weighted by Gasteiger charge is -2.09. The van der Waals surface area contributed by atoms with E-state index < -0.39 is 5.97 Å². The number of aliphatic carboxylic acids is 1. The van der Waals surface area contributed by atoms with E-state index in [1.54, 1.807) is 0 Å². The van der Waals surface area contributed by atoms with Gasteiger partial charge in [0.1, 0.15) is 12.4 Å². The summed E-state index contributed by atoms with van der Waals surface area (Å²) in [5.41, 5.74) is 3.11. The second-order valence-corrected chi connectivity index (χ2v) is 5.49. The fraction of sp³-hybridized carbons (Fsp3) is 0.118. The molecule has 0 aliphatic rings. The van der Waals surface area contributed by atoms with Crippen LogP contribution in [0.1, 0.15) is 16.7 Å². The summed E-state index contributed by atoms with van der Waals surface area (Å²) < 4.78 is 6.55. The molecule has 0 saturated heterocycles. The summed E-state index contributed by atoms with van der Waals surface area (Å²) in [6.45, 7) is 2.54. The minimum Gasteiger partial charge on any atom is -0.488 e. The molecule has 0 aromatic heterocycles. The molecule has 0 fully saturated rings. The lowest BCUT2D eigenvalue weighted by atomic mass is 10.2. The molecule has 0 spiro atoms. The first-order chi connectivity index (χ1) is 10.0. The molecule has 108 valence electrons. The molecule has 0 saturated carbocycles. The van der Waals surface area contributed by atoms with Crippen molar-refractivity contribution in [2.45, 2.75) is 13.5 Å². The van der Waals surface area contributed by atoms with Crippen molar-refractivity contribution in [3.05, 3.63) is 69.7 Å². The van der Waals surface area contributed by atoms with E-state index in [1.807, 2.05) is 49.4 Å². The van der Waals surface area contributed by atoms with Crippen LogP contribution < -0.4 is 4.74 Å². The maximum Gasteiger partial charge on any atom is 0.328 e. The van der Waals surface area contributed by atoms with Crippen molar-refractivity contribution in [1.82, 2.24) is 0 Å². The molecular formula is C17H15BrO3. The SMILES string of the molecule is Cc1ccc(COc2ccc(/C=C/C(=O)O)cc2Br)cc1. The standard InChI is InChI=1S/C17H15BrO3/c1-12-2-4-14(5-3-12)11-21-16-8-6-13(10-15(16)18)7-9-17(19)20/h2-10H,11H2,1H3,(H,19,20)/b9-7+. The molecule has 21 heavy (non-hydrogen) atoms. The van der Waals surface area contributed by atoms with Gasteiger partial charge in [-0.05, 0) is 52.2 Å². The number of ether oxygens (including phenoxy) is 1. The van der Waals surface area contributed by atoms with Gasteiger partial charge in [-0.1, -0.05) is 35.9 Å². The fourth-order valence-corrected chi connectivity index (χ4v) is 2.26. The summed E-state index contributed by atoms with van der Waals surface area (Å²) in [4.78, 5) is 10.5. The lowest BCUT2D eigenvalue weighted by molar-refractivity contribution is -0.131. The zero-order chi connectivity index (χ0) is 15.2. The second kappa shape index (κ2) is 7.09. The Bertz CT molecular complexity index is 660. The van der Waals surface area contributed by atoms with Crippen molar-refractivity contribution in [3.8, 4) is 5.75 Å². The molecule has 0 bridgehead atoms. The Morgan fingerprint density at radius 3 is 2.57 bits per heavy atom. The summed E-state index contributed by atoms with van der Waals surface area (Å²) in [5.74, 6) is -0.242. The quantitative estimate of drug-likeness (QED) is 0.814. The average Bonchev–Trinajstić information content (AvgIpc) is 2.46. The van der Waals surface area contributed by atoms with Crippen LogP contribution in [-0.2, 0) is 11.4 Å². The lowest BCUT2D eigenvalue weighted by Crippen LogP contribution is -1.96. The summed E-state index contributed by atoms with van der Waals surface area (Å²) in [6.07, 6.45) is 2.64. The van der Waals surface area contributed by atoms with E-state index in [4.69, 9.17) is 9.84 Å². The van der Waals surface area contributed by atoms with Crippen molar-refractivity contribution < 1.29 is 14.6 Å². The van der Waals surface area contributed by atoms with Crippen LogP contribution in [0.5, 0.6) is 5.75 Å². The van der Waals surface area contributed by atoms with E-state index in [-0.39, 0.29) is 0 Å². The van der Waals surface area contributed by atoms with Crippen molar-refractivity contribution in [2.24, 2.45) is 0 Å². The topological polar surface area (TPSA) is 46.5 Å². The fourth-order valence-electron chi connectivity index (χ4n) is 1.75. The molecular weight excluding hydrogens is 332 g/mol. The third-order valence-electron chi connectivity index (χ3n) is 2.89. The highest BCUT2D eigenvalue weighted by molar-refractivity contribution is 9.10. The molecule has 0 radical (unpaired) electrons. The Kier molecular flexibility index (Phi) is 5.17. The number of carbonyl (C=O) groups is 1. The predicted molar refractivity (Wildman–Crippen MR) is 86.3 cm³/mol. The zero-order valence-corrected chi connectivity index (χ0v) is 13.1. The van der Waals surface area contributed by atoms with Gasteiger partial charge in [0.05, 0.1) is 4.47 Å². The van der Waals surface area contributed by atoms with Crippen molar-refractivity contribution >= 4 is 28.0 Å². The van der Waals surface area contributed by atoms with Crippen LogP contribution in [0, 0.1) is 6.92 Å². The third-order valence-corrected chi connectivity index (χ3v) is 3.51. The van der Waals surface area contributed by atoms with Crippen LogP contribution in [0.4, 0.5) is 0 Å². The predicted octanol–water partition coefficient (Wildman–Crippen LogP) is 4.43. The van der Waals surface area contributed by atoms with Gasteiger partial charge in [0.15, 0.2) is 0 Å². The van der Waals surface area contributed by atoms with Crippen LogP contribution in [-0.4, -0.2) is 11.1 Å². The van der Waals surface area contributed by atoms with Gasteiger partial charge in [-0.2, -0.15) is 0 Å². The van der Waals surface area contributed by atoms with E-state index in [0.29, 0.717) is 6.61 Å². The van der Waals surface area contributed by atoms with Crippen LogP contribution in [0.15, 0.2) is 53.0 Å². The highest BCUT2D eigenvalue weighted by atomic mass is 79.9. The Morgan fingerprint density at radius 1 is 1.24 bits per heavy atom. The molecule has 3 nitrogen and oxygen atoms in total. The molecule has 0 aliphatic heterocycles. The van der Waals surface area contributed by atoms with Gasteiger partial charge in [0.25, 0.3) is 0 Å². The van der Waals surface area contributed by atoms with Gasteiger partial charge in [-0.15, -0.1) is 0 Å². The number of hydrogen-bond donors (Lipinski definition) is 1. The number of carboxylic acid groups (broad SMARTS) is 1. The van der Waals surface area contributed by atoms with E-state index in [9.17, 15) is 4.79 Å². The second-order valence-electron chi connectivity index (χ2n) is 4.64.